The Morgan fingerprint density at radius 3 is 2.80 bits per heavy atom. The summed E-state index contributed by atoms with van der Waals surface area (Å²) < 4.78 is 5.57. The Morgan fingerprint density at radius 2 is 2.20 bits per heavy atom. The second kappa shape index (κ2) is 8.62. The van der Waals surface area contributed by atoms with Crippen LogP contribution in [0.15, 0.2) is 24.3 Å². The maximum absolute atomic E-state index is 12.0. The Bertz CT molecular complexity index is 425. The predicted molar refractivity (Wildman–Crippen MR) is 86.1 cm³/mol. The lowest BCUT2D eigenvalue weighted by atomic mass is 10.3. The van der Waals surface area contributed by atoms with Crippen molar-refractivity contribution in [2.24, 2.45) is 0 Å². The van der Waals surface area contributed by atoms with Gasteiger partial charge in [-0.2, -0.15) is 0 Å². The average Bonchev–Trinajstić information content (AvgIpc) is 2.94. The van der Waals surface area contributed by atoms with Gasteiger partial charge in [0.15, 0.2) is 0 Å². The lowest BCUT2D eigenvalue weighted by Gasteiger charge is -2.20. The number of benzene rings is 1. The third kappa shape index (κ3) is 5.05. The van der Waals surface area contributed by atoms with Crippen LogP contribution < -0.4 is 10.1 Å². The highest BCUT2D eigenvalue weighted by Gasteiger charge is 2.25. The molecular weight excluding hydrogens is 319 g/mol. The van der Waals surface area contributed by atoms with Crippen molar-refractivity contribution in [1.29, 1.82) is 0 Å². The fourth-order valence-electron chi connectivity index (χ4n) is 1.76. The molecule has 4 nitrogen and oxygen atoms in total. The number of halogens is 2. The number of amides is 1. The van der Waals surface area contributed by atoms with Gasteiger partial charge in [-0.3, -0.25) is 10.1 Å². The van der Waals surface area contributed by atoms with E-state index >= 15 is 0 Å². The number of rotatable bonds is 5. The lowest BCUT2D eigenvalue weighted by molar-refractivity contribution is -0.131. The van der Waals surface area contributed by atoms with Crippen LogP contribution in [0, 0.1) is 0 Å². The summed E-state index contributed by atoms with van der Waals surface area (Å²) in [5.74, 6) is 2.59. The van der Waals surface area contributed by atoms with Crippen LogP contribution in [0.25, 0.3) is 0 Å². The summed E-state index contributed by atoms with van der Waals surface area (Å²) in [5, 5.41) is 3.85. The van der Waals surface area contributed by atoms with Gasteiger partial charge in [-0.25, -0.2) is 0 Å². The zero-order chi connectivity index (χ0) is 13.7. The molecule has 1 heterocycles. The number of carbonyl (C=O) groups excluding carboxylic acids is 1. The van der Waals surface area contributed by atoms with Crippen molar-refractivity contribution in [2.45, 2.75) is 6.04 Å². The molecule has 0 spiro atoms. The first kappa shape index (κ1) is 17.4. The van der Waals surface area contributed by atoms with Crippen LogP contribution in [-0.4, -0.2) is 48.7 Å². The maximum Gasteiger partial charge on any atom is 0.240 e. The van der Waals surface area contributed by atoms with Gasteiger partial charge in [0.05, 0.1) is 12.6 Å². The average molecular weight is 337 g/mol. The molecule has 20 heavy (non-hydrogen) atoms. The van der Waals surface area contributed by atoms with Crippen LogP contribution >= 0.6 is 35.8 Å². The second-order valence-electron chi connectivity index (χ2n) is 4.33. The van der Waals surface area contributed by atoms with E-state index in [-0.39, 0.29) is 24.4 Å². The van der Waals surface area contributed by atoms with Crippen molar-refractivity contribution in [3.05, 3.63) is 29.3 Å². The van der Waals surface area contributed by atoms with Gasteiger partial charge in [0.1, 0.15) is 12.4 Å². The van der Waals surface area contributed by atoms with Gasteiger partial charge in [-0.1, -0.05) is 11.6 Å². The predicted octanol–water partition coefficient (Wildman–Crippen LogP) is 2.26. The minimum absolute atomic E-state index is 0. The fourth-order valence-corrected chi connectivity index (χ4v) is 2.82. The highest BCUT2D eigenvalue weighted by atomic mass is 35.5. The molecule has 0 aromatic heterocycles. The molecule has 1 unspecified atom stereocenters. The normalized spacial score (nSPS) is 17.4. The van der Waals surface area contributed by atoms with E-state index in [9.17, 15) is 4.79 Å². The molecule has 1 aromatic rings. The summed E-state index contributed by atoms with van der Waals surface area (Å²) in [4.78, 5) is 13.7. The molecule has 1 N–H and O–H groups in total. The molecule has 1 fully saturated rings. The summed E-state index contributed by atoms with van der Waals surface area (Å²) in [6, 6.07) is 7.15. The van der Waals surface area contributed by atoms with Gasteiger partial charge in [-0.05, 0) is 24.3 Å². The van der Waals surface area contributed by atoms with E-state index < -0.39 is 0 Å². The zero-order valence-electron chi connectivity index (χ0n) is 11.2. The zero-order valence-corrected chi connectivity index (χ0v) is 13.6. The van der Waals surface area contributed by atoms with Crippen LogP contribution in [0.5, 0.6) is 5.75 Å². The van der Waals surface area contributed by atoms with Gasteiger partial charge >= 0.3 is 0 Å². The van der Waals surface area contributed by atoms with E-state index in [1.54, 1.807) is 35.8 Å². The van der Waals surface area contributed by atoms with Crippen LogP contribution in [0.1, 0.15) is 0 Å². The highest BCUT2D eigenvalue weighted by Crippen LogP contribution is 2.15. The number of nitrogens with zero attached hydrogens (tertiary/aromatic N) is 1. The Kier molecular flexibility index (Phi) is 7.51. The lowest BCUT2D eigenvalue weighted by Crippen LogP contribution is -2.44. The highest BCUT2D eigenvalue weighted by molar-refractivity contribution is 7.99. The third-order valence-corrected chi connectivity index (χ3v) is 4.09. The van der Waals surface area contributed by atoms with Gasteiger partial charge in [-0.15, -0.1) is 24.2 Å². The molecule has 0 saturated carbocycles. The van der Waals surface area contributed by atoms with Gasteiger partial charge in [0, 0.05) is 23.7 Å². The number of nitrogens with one attached hydrogen (secondary N) is 1. The van der Waals surface area contributed by atoms with E-state index in [2.05, 4.69) is 5.32 Å². The molecule has 0 bridgehead atoms. The molecule has 1 aromatic carbocycles. The van der Waals surface area contributed by atoms with Crippen molar-refractivity contribution in [3.8, 4) is 5.75 Å². The number of hydrogen-bond acceptors (Lipinski definition) is 4. The van der Waals surface area contributed by atoms with Gasteiger partial charge in [0.25, 0.3) is 0 Å². The molecule has 1 aliphatic heterocycles. The topological polar surface area (TPSA) is 41.6 Å². The van der Waals surface area contributed by atoms with Crippen molar-refractivity contribution >= 4 is 41.7 Å². The summed E-state index contributed by atoms with van der Waals surface area (Å²) in [5.41, 5.74) is 0. The summed E-state index contributed by atoms with van der Waals surface area (Å²) >= 11 is 7.54. The number of thioether (sulfide) groups is 1. The number of likely N-dealkylation sites (N-methyl/N-ethyl adjacent to an activating group) is 1. The van der Waals surface area contributed by atoms with Gasteiger partial charge in [0.2, 0.25) is 5.91 Å². The molecule has 7 heteroatoms. The maximum atomic E-state index is 12.0. The van der Waals surface area contributed by atoms with Crippen molar-refractivity contribution in [3.63, 3.8) is 0 Å². The molecule has 0 aliphatic carbocycles. The van der Waals surface area contributed by atoms with Crippen LogP contribution in [0.4, 0.5) is 0 Å². The van der Waals surface area contributed by atoms with Crippen LogP contribution in [0.2, 0.25) is 5.02 Å². The van der Waals surface area contributed by atoms with E-state index in [1.807, 2.05) is 12.1 Å². The monoisotopic (exact) mass is 336 g/mol. The molecular formula is C13H18Cl2N2O2S. The van der Waals surface area contributed by atoms with E-state index in [4.69, 9.17) is 16.3 Å². The van der Waals surface area contributed by atoms with E-state index in [0.717, 1.165) is 17.4 Å². The summed E-state index contributed by atoms with van der Waals surface area (Å²) in [6.45, 7) is 1.05. The first-order chi connectivity index (χ1) is 9.16. The van der Waals surface area contributed by atoms with Gasteiger partial charge < -0.3 is 9.64 Å². The van der Waals surface area contributed by atoms with Crippen LogP contribution in [0.3, 0.4) is 0 Å². The smallest absolute Gasteiger partial charge is 0.240 e. The minimum atomic E-state index is -0.0504. The van der Waals surface area contributed by atoms with E-state index in [1.165, 1.54) is 0 Å². The van der Waals surface area contributed by atoms with E-state index in [0.29, 0.717) is 18.2 Å². The SMILES string of the molecule is CN(CCOc1ccc(Cl)cc1)C(=O)C1CSCN1.Cl. The number of carbonyl (C=O) groups is 1. The summed E-state index contributed by atoms with van der Waals surface area (Å²) in [6.07, 6.45) is 0. The molecule has 1 atom stereocenters. The van der Waals surface area contributed by atoms with Crippen molar-refractivity contribution in [1.82, 2.24) is 10.2 Å². The molecule has 1 amide bonds. The second-order valence-corrected chi connectivity index (χ2v) is 5.80. The van der Waals surface area contributed by atoms with Crippen LogP contribution in [-0.2, 0) is 4.79 Å². The largest absolute Gasteiger partial charge is 0.492 e. The Morgan fingerprint density at radius 1 is 1.50 bits per heavy atom. The molecule has 1 aliphatic rings. The number of ether oxygens (including phenoxy) is 1. The Labute approximate surface area is 134 Å². The number of hydrogen-bond donors (Lipinski definition) is 1. The molecule has 1 saturated heterocycles. The Balaban J connectivity index is 0.00000200. The van der Waals surface area contributed by atoms with Crippen molar-refractivity contribution in [2.75, 3.05) is 31.8 Å². The Hall–Kier alpha value is -0.620. The summed E-state index contributed by atoms with van der Waals surface area (Å²) in [7, 11) is 1.80. The standard InChI is InChI=1S/C13H17ClN2O2S.ClH/c1-16(13(17)12-8-19-9-15-12)6-7-18-11-4-2-10(14)3-5-11;/h2-5,12,15H,6-9H2,1H3;1H. The molecule has 2 rings (SSSR count). The fraction of sp³-hybridized carbons (Fsp3) is 0.462. The first-order valence-corrected chi connectivity index (χ1v) is 7.64. The minimum Gasteiger partial charge on any atom is -0.492 e. The first-order valence-electron chi connectivity index (χ1n) is 6.11. The quantitative estimate of drug-likeness (QED) is 0.895. The molecule has 112 valence electrons. The molecule has 0 radical (unpaired) electrons. The third-order valence-electron chi connectivity index (χ3n) is 2.90. The van der Waals surface area contributed by atoms with Crippen molar-refractivity contribution < 1.29 is 9.53 Å².